The maximum absolute atomic E-state index is 11.1. The molecule has 0 unspecified atom stereocenters. The second kappa shape index (κ2) is 9.64. The quantitative estimate of drug-likeness (QED) is 0.684. The van der Waals surface area contributed by atoms with Gasteiger partial charge in [0, 0.05) is 12.5 Å². The van der Waals surface area contributed by atoms with Crippen LogP contribution in [0.3, 0.4) is 0 Å². The van der Waals surface area contributed by atoms with Gasteiger partial charge >= 0.3 is 5.97 Å². The molecule has 4 nitrogen and oxygen atoms in total. The smallest absolute Gasteiger partial charge is 0.317 e. The van der Waals surface area contributed by atoms with E-state index in [4.69, 9.17) is 9.84 Å². The highest BCUT2D eigenvalue weighted by atomic mass is 35.5. The van der Waals surface area contributed by atoms with Crippen LogP contribution in [0.4, 0.5) is 0 Å². The predicted molar refractivity (Wildman–Crippen MR) is 117 cm³/mol. The molecule has 2 aliphatic carbocycles. The topological polar surface area (TPSA) is 49.8 Å². The number of halogens is 1. The van der Waals surface area contributed by atoms with Crippen LogP contribution in [0.2, 0.25) is 0 Å². The van der Waals surface area contributed by atoms with Gasteiger partial charge in [-0.3, -0.25) is 9.69 Å². The number of rotatable bonds is 8. The molecule has 2 aromatic carbocycles. The van der Waals surface area contributed by atoms with Crippen molar-refractivity contribution in [1.29, 1.82) is 0 Å². The van der Waals surface area contributed by atoms with E-state index in [0.29, 0.717) is 11.8 Å². The van der Waals surface area contributed by atoms with Gasteiger partial charge in [0.25, 0.3) is 0 Å². The van der Waals surface area contributed by atoms with E-state index >= 15 is 0 Å². The Morgan fingerprint density at radius 1 is 1.14 bits per heavy atom. The molecule has 1 N–H and O–H groups in total. The fourth-order valence-electron chi connectivity index (χ4n) is 4.46. The average Bonchev–Trinajstić information content (AvgIpc) is 3.50. The lowest BCUT2D eigenvalue weighted by Crippen LogP contribution is -2.35. The van der Waals surface area contributed by atoms with Gasteiger partial charge in [0.15, 0.2) is 0 Å². The highest BCUT2D eigenvalue weighted by molar-refractivity contribution is 5.85. The van der Waals surface area contributed by atoms with Crippen molar-refractivity contribution in [3.8, 4) is 5.75 Å². The van der Waals surface area contributed by atoms with E-state index in [-0.39, 0.29) is 19.0 Å². The molecule has 5 heteroatoms. The fourth-order valence-corrected chi connectivity index (χ4v) is 4.46. The number of aryl methyl sites for hydroxylation is 1. The number of carbonyl (C=O) groups is 1. The zero-order chi connectivity index (χ0) is 19.5. The van der Waals surface area contributed by atoms with Crippen molar-refractivity contribution in [3.05, 3.63) is 65.2 Å². The number of hydrogen-bond acceptors (Lipinski definition) is 3. The van der Waals surface area contributed by atoms with E-state index in [1.165, 1.54) is 29.5 Å². The van der Waals surface area contributed by atoms with Crippen LogP contribution in [-0.4, -0.2) is 42.7 Å². The average molecular weight is 416 g/mol. The molecule has 0 spiro atoms. The number of ether oxygens (including phenoxy) is 1. The number of likely N-dealkylation sites (N-methyl/N-ethyl adjacent to an activating group) is 1. The molecular weight excluding hydrogens is 386 g/mol. The number of nitrogens with zero attached hydrogens (tertiary/aromatic N) is 1. The molecule has 0 aromatic heterocycles. The van der Waals surface area contributed by atoms with Crippen LogP contribution in [-0.2, 0) is 11.2 Å². The van der Waals surface area contributed by atoms with Gasteiger partial charge in [-0.1, -0.05) is 36.4 Å². The van der Waals surface area contributed by atoms with Crippen LogP contribution in [0.25, 0.3) is 0 Å². The number of hydrogen-bond donors (Lipinski definition) is 1. The van der Waals surface area contributed by atoms with Crippen molar-refractivity contribution in [2.45, 2.75) is 31.6 Å². The molecule has 156 valence electrons. The molecule has 1 saturated carbocycles. The third-order valence-corrected chi connectivity index (χ3v) is 6.00. The monoisotopic (exact) mass is 415 g/mol. The summed E-state index contributed by atoms with van der Waals surface area (Å²) in [6.45, 7) is 1.70. The predicted octanol–water partition coefficient (Wildman–Crippen LogP) is 4.61. The Morgan fingerprint density at radius 3 is 2.59 bits per heavy atom. The summed E-state index contributed by atoms with van der Waals surface area (Å²) in [5.41, 5.74) is 4.05. The number of benzene rings is 2. The molecule has 29 heavy (non-hydrogen) atoms. The lowest BCUT2D eigenvalue weighted by Gasteiger charge is -2.36. The van der Waals surface area contributed by atoms with Gasteiger partial charge in [-0.2, -0.15) is 0 Å². The molecule has 0 radical (unpaired) electrons. The Hall–Kier alpha value is -2.04. The summed E-state index contributed by atoms with van der Waals surface area (Å²) in [6.07, 6.45) is 4.67. The number of carboxylic acid groups (broad SMARTS) is 1. The van der Waals surface area contributed by atoms with E-state index in [9.17, 15) is 4.79 Å². The van der Waals surface area contributed by atoms with Crippen LogP contribution >= 0.6 is 12.4 Å². The van der Waals surface area contributed by atoms with E-state index in [2.05, 4.69) is 42.5 Å². The largest absolute Gasteiger partial charge is 0.493 e. The highest BCUT2D eigenvalue weighted by Gasteiger charge is 2.32. The molecule has 4 rings (SSSR count). The number of carboxylic acids is 1. The zero-order valence-corrected chi connectivity index (χ0v) is 17.7. The number of aliphatic carboxylic acids is 1. The molecule has 0 amide bonds. The minimum absolute atomic E-state index is 0. The molecule has 2 aromatic rings. The van der Waals surface area contributed by atoms with Crippen molar-refractivity contribution < 1.29 is 14.6 Å². The fraction of sp³-hybridized carbons (Fsp3) is 0.458. The second-order valence-electron chi connectivity index (χ2n) is 8.39. The summed E-state index contributed by atoms with van der Waals surface area (Å²) in [4.78, 5) is 13.0. The molecule has 2 atom stereocenters. The second-order valence-corrected chi connectivity index (χ2v) is 8.39. The van der Waals surface area contributed by atoms with Gasteiger partial charge < -0.3 is 9.84 Å². The first-order valence-electron chi connectivity index (χ1n) is 10.3. The highest BCUT2D eigenvalue weighted by Crippen LogP contribution is 2.42. The van der Waals surface area contributed by atoms with Crippen molar-refractivity contribution in [2.75, 3.05) is 26.7 Å². The van der Waals surface area contributed by atoms with Crippen LogP contribution in [0.5, 0.6) is 5.75 Å². The van der Waals surface area contributed by atoms with E-state index in [1.807, 2.05) is 18.0 Å². The van der Waals surface area contributed by atoms with Gasteiger partial charge in [0.05, 0.1) is 13.2 Å². The lowest BCUT2D eigenvalue weighted by atomic mass is 9.71. The van der Waals surface area contributed by atoms with Gasteiger partial charge in [0.2, 0.25) is 0 Å². The third-order valence-electron chi connectivity index (χ3n) is 6.00. The van der Waals surface area contributed by atoms with E-state index in [1.54, 1.807) is 0 Å². The van der Waals surface area contributed by atoms with Gasteiger partial charge in [-0.05, 0) is 73.4 Å². The van der Waals surface area contributed by atoms with Gasteiger partial charge in [0.1, 0.15) is 5.75 Å². The first-order chi connectivity index (χ1) is 13.6. The van der Waals surface area contributed by atoms with Crippen LogP contribution in [0.1, 0.15) is 41.9 Å². The normalized spacial score (nSPS) is 20.6. The van der Waals surface area contributed by atoms with Crippen LogP contribution in [0.15, 0.2) is 48.5 Å². The van der Waals surface area contributed by atoms with Crippen LogP contribution in [0, 0.1) is 11.8 Å². The van der Waals surface area contributed by atoms with Crippen molar-refractivity contribution >= 4 is 18.4 Å². The van der Waals surface area contributed by atoms with E-state index < -0.39 is 5.97 Å². The molecule has 0 heterocycles. The summed E-state index contributed by atoms with van der Waals surface area (Å²) in [7, 11) is 1.90. The number of fused-ring (bicyclic) bond motifs is 1. The first-order valence-corrected chi connectivity index (χ1v) is 10.3. The minimum atomic E-state index is -0.771. The van der Waals surface area contributed by atoms with Gasteiger partial charge in [-0.25, -0.2) is 0 Å². The standard InChI is InChI=1S/C24H29NO3.ClH/c1-25(15-23(26)27)14-20-10-9-19-13-21(28-16-17-7-8-17)11-12-22(19)24(20)18-5-3-2-4-6-18;/h2-6,11-13,17,20,24H,7-10,14-16H2,1H3,(H,26,27);1H/t20-,24+;/m1./s1. The minimum Gasteiger partial charge on any atom is -0.493 e. The Balaban J connectivity index is 0.00000240. The van der Waals surface area contributed by atoms with Crippen molar-refractivity contribution in [2.24, 2.45) is 11.8 Å². The molecule has 0 bridgehead atoms. The SMILES string of the molecule is CN(CC(=O)O)C[C@H]1CCc2cc(OCC3CC3)ccc2[C@H]1c1ccccc1.Cl. The Kier molecular flexibility index (Phi) is 7.20. The third kappa shape index (κ3) is 5.52. The molecular formula is C24H30ClNO3. The van der Waals surface area contributed by atoms with Crippen molar-refractivity contribution in [1.82, 2.24) is 4.90 Å². The first kappa shape index (κ1) is 21.7. The summed E-state index contributed by atoms with van der Waals surface area (Å²) in [5, 5.41) is 9.12. The molecule has 2 aliphatic rings. The van der Waals surface area contributed by atoms with Crippen LogP contribution < -0.4 is 4.74 Å². The molecule has 0 aliphatic heterocycles. The van der Waals surface area contributed by atoms with Gasteiger partial charge in [-0.15, -0.1) is 12.4 Å². The molecule has 0 saturated heterocycles. The Labute approximate surface area is 179 Å². The maximum Gasteiger partial charge on any atom is 0.317 e. The summed E-state index contributed by atoms with van der Waals surface area (Å²) in [5.74, 6) is 1.66. The molecule has 1 fully saturated rings. The Morgan fingerprint density at radius 2 is 1.90 bits per heavy atom. The summed E-state index contributed by atoms with van der Waals surface area (Å²) < 4.78 is 6.00. The van der Waals surface area contributed by atoms with E-state index in [0.717, 1.165) is 37.7 Å². The Bertz CT molecular complexity index is 822. The lowest BCUT2D eigenvalue weighted by molar-refractivity contribution is -0.138. The maximum atomic E-state index is 11.1. The summed E-state index contributed by atoms with van der Waals surface area (Å²) in [6, 6.07) is 17.2. The summed E-state index contributed by atoms with van der Waals surface area (Å²) >= 11 is 0. The van der Waals surface area contributed by atoms with Crippen molar-refractivity contribution in [3.63, 3.8) is 0 Å². The zero-order valence-electron chi connectivity index (χ0n) is 16.9.